The smallest absolute Gasteiger partial charge is 0.154 e. The highest BCUT2D eigenvalue weighted by molar-refractivity contribution is 9.10. The number of aromatic nitrogens is 2. The summed E-state index contributed by atoms with van der Waals surface area (Å²) in [6, 6.07) is 0.479. The number of nitrogens with zero attached hydrogens (tertiary/aromatic N) is 2. The van der Waals surface area contributed by atoms with Crippen molar-refractivity contribution in [2.45, 2.75) is 38.1 Å². The average molecular weight is 257 g/mol. The molecule has 2 rings (SSSR count). The maximum Gasteiger partial charge on any atom is 0.154 e. The van der Waals surface area contributed by atoms with Crippen molar-refractivity contribution in [3.63, 3.8) is 0 Å². The summed E-state index contributed by atoms with van der Waals surface area (Å²) in [6.45, 7) is 0. The molecule has 0 saturated heterocycles. The highest BCUT2D eigenvalue weighted by Gasteiger charge is 2.19. The maximum atomic E-state index is 10.6. The van der Waals surface area contributed by atoms with E-state index in [0.717, 1.165) is 10.9 Å². The van der Waals surface area contributed by atoms with Gasteiger partial charge >= 0.3 is 0 Å². The van der Waals surface area contributed by atoms with Crippen molar-refractivity contribution in [2.24, 2.45) is 0 Å². The number of halogens is 1. The van der Waals surface area contributed by atoms with Crippen LogP contribution in [0.5, 0.6) is 0 Å². The van der Waals surface area contributed by atoms with Crippen LogP contribution in [0, 0.1) is 0 Å². The second-order valence-electron chi connectivity index (χ2n) is 3.74. The largest absolute Gasteiger partial charge is 0.298 e. The molecule has 1 saturated carbocycles. The van der Waals surface area contributed by atoms with Crippen molar-refractivity contribution in [3.05, 3.63) is 16.4 Å². The zero-order chi connectivity index (χ0) is 9.97. The Morgan fingerprint density at radius 3 is 2.71 bits per heavy atom. The summed E-state index contributed by atoms with van der Waals surface area (Å²) in [5.41, 5.74) is 0.649. The highest BCUT2D eigenvalue weighted by atomic mass is 79.9. The minimum Gasteiger partial charge on any atom is -0.298 e. The molecule has 0 radical (unpaired) electrons. The standard InChI is InChI=1S/C10H13BrN2O/c11-10-8(7-14)6-12-13(10)9-4-2-1-3-5-9/h6-7,9H,1-5H2. The summed E-state index contributed by atoms with van der Waals surface area (Å²) in [6.07, 6.45) is 8.70. The number of hydrogen-bond acceptors (Lipinski definition) is 2. The molecule has 0 aromatic carbocycles. The molecule has 0 aliphatic heterocycles. The lowest BCUT2D eigenvalue weighted by atomic mass is 9.96. The molecule has 1 aromatic rings. The third-order valence-corrected chi connectivity index (χ3v) is 3.63. The van der Waals surface area contributed by atoms with E-state index in [1.807, 2.05) is 4.68 Å². The molecular formula is C10H13BrN2O. The Hall–Kier alpha value is -0.640. The summed E-state index contributed by atoms with van der Waals surface area (Å²) < 4.78 is 2.78. The van der Waals surface area contributed by atoms with Crippen molar-refractivity contribution >= 4 is 22.2 Å². The molecule has 0 atom stereocenters. The molecule has 1 heterocycles. The Labute approximate surface area is 91.6 Å². The van der Waals surface area contributed by atoms with Gasteiger partial charge in [0.2, 0.25) is 0 Å². The summed E-state index contributed by atoms with van der Waals surface area (Å²) in [5.74, 6) is 0. The van der Waals surface area contributed by atoms with E-state index >= 15 is 0 Å². The Kier molecular flexibility index (Phi) is 3.01. The van der Waals surface area contributed by atoms with Crippen molar-refractivity contribution in [1.82, 2.24) is 9.78 Å². The number of rotatable bonds is 2. The van der Waals surface area contributed by atoms with Crippen molar-refractivity contribution in [2.75, 3.05) is 0 Å². The normalized spacial score (nSPS) is 18.4. The fourth-order valence-electron chi connectivity index (χ4n) is 2.02. The van der Waals surface area contributed by atoms with Crippen LogP contribution in [0.25, 0.3) is 0 Å². The van der Waals surface area contributed by atoms with Gasteiger partial charge in [0.05, 0.1) is 17.8 Å². The molecule has 1 fully saturated rings. The molecule has 0 N–H and O–H groups in total. The third-order valence-electron chi connectivity index (χ3n) is 2.81. The Morgan fingerprint density at radius 2 is 2.14 bits per heavy atom. The molecule has 1 aliphatic carbocycles. The second-order valence-corrected chi connectivity index (χ2v) is 4.50. The molecule has 1 aromatic heterocycles. The van der Waals surface area contributed by atoms with E-state index in [1.165, 1.54) is 32.1 Å². The minimum atomic E-state index is 0.479. The van der Waals surface area contributed by atoms with Crippen LogP contribution in [-0.4, -0.2) is 16.1 Å². The van der Waals surface area contributed by atoms with E-state index in [-0.39, 0.29) is 0 Å². The van der Waals surface area contributed by atoms with Gasteiger partial charge in [0.25, 0.3) is 0 Å². The topological polar surface area (TPSA) is 34.9 Å². The second kappa shape index (κ2) is 4.26. The Morgan fingerprint density at radius 1 is 1.43 bits per heavy atom. The molecule has 14 heavy (non-hydrogen) atoms. The summed E-state index contributed by atoms with van der Waals surface area (Å²) in [5, 5.41) is 4.25. The van der Waals surface area contributed by atoms with Crippen LogP contribution in [0.4, 0.5) is 0 Å². The zero-order valence-corrected chi connectivity index (χ0v) is 9.53. The first-order valence-electron chi connectivity index (χ1n) is 5.01. The van der Waals surface area contributed by atoms with Gasteiger partial charge in [-0.3, -0.25) is 9.48 Å². The van der Waals surface area contributed by atoms with E-state index in [4.69, 9.17) is 0 Å². The van der Waals surface area contributed by atoms with Crippen LogP contribution in [0.15, 0.2) is 10.8 Å². The average Bonchev–Trinajstić information content (AvgIpc) is 2.61. The summed E-state index contributed by atoms with van der Waals surface area (Å²) >= 11 is 3.42. The first-order chi connectivity index (χ1) is 6.83. The lowest BCUT2D eigenvalue weighted by molar-refractivity contribution is 0.112. The number of hydrogen-bond donors (Lipinski definition) is 0. The van der Waals surface area contributed by atoms with Gasteiger partial charge in [-0.15, -0.1) is 0 Å². The van der Waals surface area contributed by atoms with Crippen LogP contribution >= 0.6 is 15.9 Å². The van der Waals surface area contributed by atoms with Crippen molar-refractivity contribution in [3.8, 4) is 0 Å². The van der Waals surface area contributed by atoms with Crippen LogP contribution in [0.2, 0.25) is 0 Å². The Bertz CT molecular complexity index is 329. The van der Waals surface area contributed by atoms with Crippen LogP contribution in [0.1, 0.15) is 48.5 Å². The van der Waals surface area contributed by atoms with E-state index in [0.29, 0.717) is 11.6 Å². The first-order valence-corrected chi connectivity index (χ1v) is 5.80. The van der Waals surface area contributed by atoms with Crippen molar-refractivity contribution in [1.29, 1.82) is 0 Å². The van der Waals surface area contributed by atoms with Gasteiger partial charge in [-0.05, 0) is 28.8 Å². The van der Waals surface area contributed by atoms with Crippen LogP contribution < -0.4 is 0 Å². The van der Waals surface area contributed by atoms with Crippen LogP contribution in [-0.2, 0) is 0 Å². The molecule has 0 unspecified atom stereocenters. The fourth-order valence-corrected chi connectivity index (χ4v) is 2.60. The van der Waals surface area contributed by atoms with E-state index < -0.39 is 0 Å². The van der Waals surface area contributed by atoms with Crippen molar-refractivity contribution < 1.29 is 4.79 Å². The SMILES string of the molecule is O=Cc1cnn(C2CCCCC2)c1Br. The van der Waals surface area contributed by atoms with Gasteiger partial charge in [0.15, 0.2) is 6.29 Å². The number of carbonyl (C=O) groups excluding carboxylic acids is 1. The van der Waals surface area contributed by atoms with Gasteiger partial charge in [-0.1, -0.05) is 19.3 Å². The quantitative estimate of drug-likeness (QED) is 0.763. The van der Waals surface area contributed by atoms with E-state index in [1.54, 1.807) is 6.20 Å². The van der Waals surface area contributed by atoms with Crippen LogP contribution in [0.3, 0.4) is 0 Å². The fraction of sp³-hybridized carbons (Fsp3) is 0.600. The molecular weight excluding hydrogens is 244 g/mol. The maximum absolute atomic E-state index is 10.6. The lowest BCUT2D eigenvalue weighted by Crippen LogP contribution is -2.14. The molecule has 4 heteroatoms. The summed E-state index contributed by atoms with van der Waals surface area (Å²) in [4.78, 5) is 10.6. The number of aldehydes is 1. The molecule has 0 spiro atoms. The molecule has 1 aliphatic rings. The molecule has 0 amide bonds. The summed E-state index contributed by atoms with van der Waals surface area (Å²) in [7, 11) is 0. The first kappa shape index (κ1) is 9.90. The van der Waals surface area contributed by atoms with E-state index in [2.05, 4.69) is 21.0 Å². The predicted octanol–water partition coefficient (Wildman–Crippen LogP) is 2.96. The van der Waals surface area contributed by atoms with Gasteiger partial charge in [-0.2, -0.15) is 5.10 Å². The highest BCUT2D eigenvalue weighted by Crippen LogP contribution is 2.30. The minimum absolute atomic E-state index is 0.479. The predicted molar refractivity (Wildman–Crippen MR) is 57.4 cm³/mol. The van der Waals surface area contributed by atoms with Gasteiger partial charge < -0.3 is 0 Å². The monoisotopic (exact) mass is 256 g/mol. The van der Waals surface area contributed by atoms with Gasteiger partial charge in [-0.25, -0.2) is 0 Å². The molecule has 76 valence electrons. The zero-order valence-electron chi connectivity index (χ0n) is 7.95. The number of carbonyl (C=O) groups is 1. The molecule has 0 bridgehead atoms. The Balaban J connectivity index is 2.22. The lowest BCUT2D eigenvalue weighted by Gasteiger charge is -2.22. The van der Waals surface area contributed by atoms with Gasteiger partial charge in [0.1, 0.15) is 4.60 Å². The van der Waals surface area contributed by atoms with Gasteiger partial charge in [0, 0.05) is 0 Å². The third kappa shape index (κ3) is 1.75. The molecule has 3 nitrogen and oxygen atoms in total. The van der Waals surface area contributed by atoms with E-state index in [9.17, 15) is 4.79 Å².